The van der Waals surface area contributed by atoms with Gasteiger partial charge in [0, 0.05) is 32.9 Å². The summed E-state index contributed by atoms with van der Waals surface area (Å²) in [6, 6.07) is 16.6. The highest BCUT2D eigenvalue weighted by Gasteiger charge is 2.43. The number of nitrogens with one attached hydrogen (secondary N) is 1. The molecule has 2 unspecified atom stereocenters. The molecule has 0 aliphatic carbocycles. The molecule has 2 atom stereocenters. The summed E-state index contributed by atoms with van der Waals surface area (Å²) in [5, 5.41) is 2.95. The summed E-state index contributed by atoms with van der Waals surface area (Å²) in [6.07, 6.45) is 0. The van der Waals surface area contributed by atoms with Crippen LogP contribution in [-0.4, -0.2) is 57.2 Å². The van der Waals surface area contributed by atoms with E-state index in [-0.39, 0.29) is 11.8 Å². The third kappa shape index (κ3) is 4.08. The van der Waals surface area contributed by atoms with Crippen LogP contribution in [0.1, 0.15) is 33.4 Å². The topological polar surface area (TPSA) is 67.9 Å². The number of rotatable bonds is 8. The Labute approximate surface area is 165 Å². The first-order valence-corrected chi connectivity index (χ1v) is 9.39. The molecule has 0 saturated carbocycles. The van der Waals surface area contributed by atoms with E-state index in [0.29, 0.717) is 31.9 Å². The molecule has 2 aromatic rings. The van der Waals surface area contributed by atoms with Crippen LogP contribution in [-0.2, 0) is 14.3 Å². The first-order chi connectivity index (χ1) is 13.7. The monoisotopic (exact) mass is 382 g/mol. The number of hydrogen-bond donors (Lipinski definition) is 1. The molecule has 0 bridgehead atoms. The van der Waals surface area contributed by atoms with Crippen molar-refractivity contribution in [3.8, 4) is 0 Å². The van der Waals surface area contributed by atoms with Gasteiger partial charge >= 0.3 is 0 Å². The summed E-state index contributed by atoms with van der Waals surface area (Å²) >= 11 is 0. The standard InChI is InChI=1S/C22H26N2O4/c1-27-14-12-23-21(25)19-17-10-6-7-11-18(17)22(26)24(13-15-28-2)20(19)16-8-4-3-5-9-16/h3-11,19-20H,12-15H2,1-2H3,(H,23,25). The van der Waals surface area contributed by atoms with E-state index in [1.54, 1.807) is 25.2 Å². The minimum atomic E-state index is -0.509. The normalized spacial score (nSPS) is 18.6. The molecule has 2 amide bonds. The lowest BCUT2D eigenvalue weighted by Crippen LogP contribution is -2.48. The van der Waals surface area contributed by atoms with Crippen molar-refractivity contribution >= 4 is 11.8 Å². The van der Waals surface area contributed by atoms with E-state index in [2.05, 4.69) is 5.32 Å². The molecule has 3 rings (SSSR count). The highest BCUT2D eigenvalue weighted by Crippen LogP contribution is 2.42. The van der Waals surface area contributed by atoms with Gasteiger partial charge in [-0.1, -0.05) is 48.5 Å². The smallest absolute Gasteiger partial charge is 0.254 e. The third-order valence-electron chi connectivity index (χ3n) is 5.00. The van der Waals surface area contributed by atoms with Crippen molar-refractivity contribution in [1.82, 2.24) is 10.2 Å². The van der Waals surface area contributed by atoms with Crippen molar-refractivity contribution in [2.75, 3.05) is 40.5 Å². The Hall–Kier alpha value is -2.70. The maximum Gasteiger partial charge on any atom is 0.254 e. The molecule has 1 N–H and O–H groups in total. The van der Waals surface area contributed by atoms with E-state index >= 15 is 0 Å². The number of methoxy groups -OCH3 is 2. The lowest BCUT2D eigenvalue weighted by atomic mass is 9.79. The molecular formula is C22H26N2O4. The molecule has 1 heterocycles. The highest BCUT2D eigenvalue weighted by molar-refractivity contribution is 6.01. The average Bonchev–Trinajstić information content (AvgIpc) is 2.73. The van der Waals surface area contributed by atoms with Crippen LogP contribution in [0.3, 0.4) is 0 Å². The molecule has 0 radical (unpaired) electrons. The molecule has 2 aromatic carbocycles. The van der Waals surface area contributed by atoms with Crippen molar-refractivity contribution < 1.29 is 19.1 Å². The molecular weight excluding hydrogens is 356 g/mol. The van der Waals surface area contributed by atoms with Gasteiger partial charge in [-0.2, -0.15) is 0 Å². The second-order valence-corrected chi connectivity index (χ2v) is 6.70. The molecule has 1 aliphatic heterocycles. The number of ether oxygens (including phenoxy) is 2. The zero-order valence-electron chi connectivity index (χ0n) is 16.3. The van der Waals surface area contributed by atoms with E-state index < -0.39 is 12.0 Å². The molecule has 0 fully saturated rings. The minimum Gasteiger partial charge on any atom is -0.383 e. The third-order valence-corrected chi connectivity index (χ3v) is 5.00. The van der Waals surface area contributed by atoms with E-state index in [9.17, 15) is 9.59 Å². The second-order valence-electron chi connectivity index (χ2n) is 6.70. The van der Waals surface area contributed by atoms with Crippen LogP contribution in [0.5, 0.6) is 0 Å². The summed E-state index contributed by atoms with van der Waals surface area (Å²) in [4.78, 5) is 28.2. The quantitative estimate of drug-likeness (QED) is 0.712. The Morgan fingerprint density at radius 2 is 1.68 bits per heavy atom. The predicted octanol–water partition coefficient (Wildman–Crippen LogP) is 2.38. The number of carbonyl (C=O) groups excluding carboxylic acids is 2. The van der Waals surface area contributed by atoms with Crippen molar-refractivity contribution in [2.24, 2.45) is 0 Å². The van der Waals surface area contributed by atoms with Crippen LogP contribution < -0.4 is 5.32 Å². The zero-order chi connectivity index (χ0) is 19.9. The van der Waals surface area contributed by atoms with Gasteiger partial charge in [0.05, 0.1) is 25.2 Å². The number of hydrogen-bond acceptors (Lipinski definition) is 4. The van der Waals surface area contributed by atoms with Crippen molar-refractivity contribution in [3.63, 3.8) is 0 Å². The first-order valence-electron chi connectivity index (χ1n) is 9.39. The van der Waals surface area contributed by atoms with Crippen LogP contribution >= 0.6 is 0 Å². The van der Waals surface area contributed by atoms with Gasteiger partial charge in [0.2, 0.25) is 5.91 Å². The number of amides is 2. The number of carbonyl (C=O) groups is 2. The van der Waals surface area contributed by atoms with Gasteiger partial charge in [-0.3, -0.25) is 9.59 Å². The van der Waals surface area contributed by atoms with Gasteiger partial charge < -0.3 is 19.7 Å². The Morgan fingerprint density at radius 3 is 2.39 bits per heavy atom. The van der Waals surface area contributed by atoms with Gasteiger partial charge in [0.15, 0.2) is 0 Å². The fourth-order valence-corrected chi connectivity index (χ4v) is 3.72. The van der Waals surface area contributed by atoms with Gasteiger partial charge in [0.1, 0.15) is 0 Å². The van der Waals surface area contributed by atoms with Gasteiger partial charge in [-0.05, 0) is 17.2 Å². The summed E-state index contributed by atoms with van der Waals surface area (Å²) in [5.74, 6) is -0.708. The lowest BCUT2D eigenvalue weighted by molar-refractivity contribution is -0.124. The molecule has 1 aliphatic rings. The van der Waals surface area contributed by atoms with Gasteiger partial charge in [-0.25, -0.2) is 0 Å². The van der Waals surface area contributed by atoms with E-state index in [1.165, 1.54) is 0 Å². The fourth-order valence-electron chi connectivity index (χ4n) is 3.72. The zero-order valence-corrected chi connectivity index (χ0v) is 16.3. The average molecular weight is 382 g/mol. The largest absolute Gasteiger partial charge is 0.383 e. The van der Waals surface area contributed by atoms with Crippen molar-refractivity contribution in [3.05, 3.63) is 71.3 Å². The maximum atomic E-state index is 13.3. The molecule has 0 saturated heterocycles. The summed E-state index contributed by atoms with van der Waals surface area (Å²) in [7, 11) is 3.20. The van der Waals surface area contributed by atoms with E-state index in [1.807, 2.05) is 48.5 Å². The molecule has 6 heteroatoms. The number of fused-ring (bicyclic) bond motifs is 1. The Balaban J connectivity index is 2.08. The summed E-state index contributed by atoms with van der Waals surface area (Å²) in [6.45, 7) is 1.66. The molecule has 28 heavy (non-hydrogen) atoms. The highest BCUT2D eigenvalue weighted by atomic mass is 16.5. The predicted molar refractivity (Wildman–Crippen MR) is 106 cm³/mol. The second kappa shape index (κ2) is 9.48. The molecule has 148 valence electrons. The van der Waals surface area contributed by atoms with E-state index in [0.717, 1.165) is 11.1 Å². The van der Waals surface area contributed by atoms with E-state index in [4.69, 9.17) is 9.47 Å². The maximum absolute atomic E-state index is 13.3. The van der Waals surface area contributed by atoms with Crippen molar-refractivity contribution in [1.29, 1.82) is 0 Å². The van der Waals surface area contributed by atoms with Crippen LogP contribution in [0.2, 0.25) is 0 Å². The van der Waals surface area contributed by atoms with Crippen LogP contribution in [0.4, 0.5) is 0 Å². The molecule has 0 spiro atoms. The minimum absolute atomic E-state index is 0.0811. The molecule has 0 aromatic heterocycles. The Morgan fingerprint density at radius 1 is 1.00 bits per heavy atom. The molecule has 6 nitrogen and oxygen atoms in total. The summed E-state index contributed by atoms with van der Waals surface area (Å²) in [5.41, 5.74) is 2.25. The van der Waals surface area contributed by atoms with Crippen LogP contribution in [0.15, 0.2) is 54.6 Å². The van der Waals surface area contributed by atoms with Gasteiger partial charge in [0.25, 0.3) is 5.91 Å². The number of benzene rings is 2. The first kappa shape index (κ1) is 20.0. The SMILES string of the molecule is COCCNC(=O)C1c2ccccc2C(=O)N(CCOC)C1c1ccccc1. The van der Waals surface area contributed by atoms with Crippen LogP contribution in [0.25, 0.3) is 0 Å². The van der Waals surface area contributed by atoms with Gasteiger partial charge in [-0.15, -0.1) is 0 Å². The number of nitrogens with zero attached hydrogens (tertiary/aromatic N) is 1. The summed E-state index contributed by atoms with van der Waals surface area (Å²) < 4.78 is 10.3. The lowest BCUT2D eigenvalue weighted by Gasteiger charge is -2.41. The van der Waals surface area contributed by atoms with Crippen LogP contribution in [0, 0.1) is 0 Å². The van der Waals surface area contributed by atoms with Crippen molar-refractivity contribution in [2.45, 2.75) is 12.0 Å². The Bertz CT molecular complexity index is 809. The fraction of sp³-hybridized carbons (Fsp3) is 0.364. The Kier molecular flexibility index (Phi) is 6.79.